The fraction of sp³-hybridized carbons (Fsp3) is 0.462. The largest absolute Gasteiger partial charge is 0.352 e. The minimum atomic E-state index is -0.167. The highest BCUT2D eigenvalue weighted by atomic mass is 16.2. The quantitative estimate of drug-likeness (QED) is 0.863. The summed E-state index contributed by atoms with van der Waals surface area (Å²) < 4.78 is 1.40. The van der Waals surface area contributed by atoms with E-state index in [9.17, 15) is 9.59 Å². The molecule has 6 nitrogen and oxygen atoms in total. The van der Waals surface area contributed by atoms with Crippen molar-refractivity contribution in [3.8, 4) is 0 Å². The van der Waals surface area contributed by atoms with Crippen LogP contribution in [0.1, 0.15) is 30.8 Å². The van der Waals surface area contributed by atoms with Crippen LogP contribution in [0, 0.1) is 19.8 Å². The number of H-pyrrole nitrogens is 1. The smallest absolute Gasteiger partial charge is 0.276 e. The van der Waals surface area contributed by atoms with Crippen LogP contribution in [0.3, 0.4) is 0 Å². The third kappa shape index (κ3) is 2.52. The Bertz CT molecular complexity index is 682. The first-order valence-electron chi connectivity index (χ1n) is 6.25. The van der Waals surface area contributed by atoms with E-state index in [0.29, 0.717) is 17.0 Å². The van der Waals surface area contributed by atoms with Crippen LogP contribution in [-0.4, -0.2) is 20.5 Å². The van der Waals surface area contributed by atoms with Crippen molar-refractivity contribution in [3.63, 3.8) is 0 Å². The monoisotopic (exact) mass is 262 g/mol. The molecule has 2 rings (SSSR count). The molecular formula is C13H18N4O2. The maximum atomic E-state index is 12.3. The standard InChI is InChI=1S/C13H18N4O2/c1-7(2)12(18)14-6-10-8(3)5-11-15-9(4)16-17(11)13(10)19/h5,7H,6H2,1-4H3,(H,14,18)(H,15,16). The maximum absolute atomic E-state index is 12.3. The molecule has 102 valence electrons. The van der Waals surface area contributed by atoms with Gasteiger partial charge in [-0.3, -0.25) is 14.7 Å². The Morgan fingerprint density at radius 2 is 2.16 bits per heavy atom. The molecule has 0 bridgehead atoms. The van der Waals surface area contributed by atoms with Gasteiger partial charge in [-0.25, -0.2) is 4.98 Å². The molecule has 0 aliphatic rings. The van der Waals surface area contributed by atoms with Crippen molar-refractivity contribution in [2.45, 2.75) is 34.2 Å². The zero-order valence-electron chi connectivity index (χ0n) is 11.6. The van der Waals surface area contributed by atoms with E-state index in [1.165, 1.54) is 4.52 Å². The summed E-state index contributed by atoms with van der Waals surface area (Å²) in [6.07, 6.45) is 0. The van der Waals surface area contributed by atoms with Gasteiger partial charge in [0.2, 0.25) is 5.91 Å². The summed E-state index contributed by atoms with van der Waals surface area (Å²) in [6, 6.07) is 1.84. The lowest BCUT2D eigenvalue weighted by Gasteiger charge is -2.09. The molecule has 0 saturated heterocycles. The Morgan fingerprint density at radius 1 is 1.47 bits per heavy atom. The highest BCUT2D eigenvalue weighted by Gasteiger charge is 2.12. The number of fused-ring (bicyclic) bond motifs is 1. The molecule has 19 heavy (non-hydrogen) atoms. The van der Waals surface area contributed by atoms with E-state index < -0.39 is 0 Å². The van der Waals surface area contributed by atoms with Crippen LogP contribution in [-0.2, 0) is 11.3 Å². The molecule has 0 aromatic carbocycles. The van der Waals surface area contributed by atoms with Crippen molar-refractivity contribution in [1.82, 2.24) is 19.9 Å². The minimum absolute atomic E-state index is 0.0651. The number of carbonyl (C=O) groups is 1. The Balaban J connectivity index is 2.38. The number of pyridine rings is 1. The lowest BCUT2D eigenvalue weighted by Crippen LogP contribution is -2.31. The van der Waals surface area contributed by atoms with Gasteiger partial charge in [0.1, 0.15) is 5.82 Å². The van der Waals surface area contributed by atoms with Gasteiger partial charge >= 0.3 is 0 Å². The van der Waals surface area contributed by atoms with Crippen LogP contribution >= 0.6 is 0 Å². The molecule has 2 aromatic rings. The van der Waals surface area contributed by atoms with Crippen molar-refractivity contribution in [2.24, 2.45) is 5.92 Å². The number of hydrogen-bond acceptors (Lipinski definition) is 3. The third-order valence-corrected chi connectivity index (χ3v) is 3.03. The van der Waals surface area contributed by atoms with Gasteiger partial charge in [0.05, 0.1) is 0 Å². The summed E-state index contributed by atoms with van der Waals surface area (Å²) in [5, 5.41) is 5.65. The van der Waals surface area contributed by atoms with Crippen molar-refractivity contribution in [1.29, 1.82) is 0 Å². The van der Waals surface area contributed by atoms with Crippen LogP contribution in [0.5, 0.6) is 0 Å². The van der Waals surface area contributed by atoms with E-state index in [2.05, 4.69) is 15.4 Å². The molecule has 6 heteroatoms. The van der Waals surface area contributed by atoms with Crippen LogP contribution in [0.15, 0.2) is 10.9 Å². The van der Waals surface area contributed by atoms with Gasteiger partial charge in [0.15, 0.2) is 5.65 Å². The molecule has 2 aromatic heterocycles. The van der Waals surface area contributed by atoms with Gasteiger partial charge in [-0.05, 0) is 25.5 Å². The summed E-state index contributed by atoms with van der Waals surface area (Å²) in [6.45, 7) is 7.51. The molecule has 0 atom stereocenters. The zero-order valence-corrected chi connectivity index (χ0v) is 11.6. The number of carbonyl (C=O) groups excluding carboxylic acids is 1. The van der Waals surface area contributed by atoms with E-state index in [4.69, 9.17) is 0 Å². The van der Waals surface area contributed by atoms with Crippen LogP contribution in [0.4, 0.5) is 0 Å². The minimum Gasteiger partial charge on any atom is -0.352 e. The molecule has 0 aliphatic heterocycles. The van der Waals surface area contributed by atoms with Gasteiger partial charge in [0, 0.05) is 18.0 Å². The summed E-state index contributed by atoms with van der Waals surface area (Å²) >= 11 is 0. The molecule has 0 saturated carbocycles. The Hall–Kier alpha value is -2.11. The number of aryl methyl sites for hydroxylation is 2. The SMILES string of the molecule is Cc1nc2cc(C)c(CNC(=O)C(C)C)c(=O)n2[nH]1. The number of nitrogens with one attached hydrogen (secondary N) is 2. The highest BCUT2D eigenvalue weighted by molar-refractivity contribution is 5.77. The van der Waals surface area contributed by atoms with E-state index in [1.54, 1.807) is 6.92 Å². The molecule has 0 radical (unpaired) electrons. The van der Waals surface area contributed by atoms with Crippen molar-refractivity contribution in [2.75, 3.05) is 0 Å². The Morgan fingerprint density at radius 3 is 2.79 bits per heavy atom. The molecule has 2 N–H and O–H groups in total. The van der Waals surface area contributed by atoms with E-state index in [1.807, 2.05) is 26.8 Å². The molecule has 0 fully saturated rings. The van der Waals surface area contributed by atoms with E-state index in [-0.39, 0.29) is 23.9 Å². The number of aromatic amines is 1. The van der Waals surface area contributed by atoms with E-state index >= 15 is 0 Å². The van der Waals surface area contributed by atoms with Crippen LogP contribution in [0.2, 0.25) is 0 Å². The van der Waals surface area contributed by atoms with Crippen LogP contribution < -0.4 is 10.9 Å². The second kappa shape index (κ2) is 4.87. The number of amides is 1. The Labute approximate surface area is 110 Å². The van der Waals surface area contributed by atoms with Gasteiger partial charge < -0.3 is 5.32 Å². The predicted molar refractivity (Wildman–Crippen MR) is 72.0 cm³/mol. The molecular weight excluding hydrogens is 244 g/mol. The summed E-state index contributed by atoms with van der Waals surface area (Å²) in [5.41, 5.74) is 1.84. The zero-order chi connectivity index (χ0) is 14.2. The van der Waals surface area contributed by atoms with Crippen molar-refractivity contribution >= 4 is 11.6 Å². The van der Waals surface area contributed by atoms with Crippen LogP contribution in [0.25, 0.3) is 5.65 Å². The first-order valence-corrected chi connectivity index (χ1v) is 6.25. The Kier molecular flexibility index (Phi) is 3.42. The molecule has 2 heterocycles. The van der Waals surface area contributed by atoms with E-state index in [0.717, 1.165) is 5.56 Å². The van der Waals surface area contributed by atoms with Crippen molar-refractivity contribution < 1.29 is 4.79 Å². The number of aromatic nitrogens is 3. The maximum Gasteiger partial charge on any atom is 0.276 e. The van der Waals surface area contributed by atoms with Gasteiger partial charge in [-0.1, -0.05) is 13.8 Å². The highest BCUT2D eigenvalue weighted by Crippen LogP contribution is 2.07. The topological polar surface area (TPSA) is 79.3 Å². The summed E-state index contributed by atoms with van der Waals surface area (Å²) in [4.78, 5) is 28.1. The fourth-order valence-corrected chi connectivity index (χ4v) is 1.90. The first kappa shape index (κ1) is 13.3. The molecule has 0 unspecified atom stereocenters. The molecule has 0 spiro atoms. The summed E-state index contributed by atoms with van der Waals surface area (Å²) in [5.74, 6) is 0.519. The first-order chi connectivity index (χ1) is 8.90. The molecule has 1 amide bonds. The number of rotatable bonds is 3. The number of nitrogens with zero attached hydrogens (tertiary/aromatic N) is 2. The van der Waals surface area contributed by atoms with Gasteiger partial charge in [-0.15, -0.1) is 0 Å². The average Bonchev–Trinajstić information content (AvgIpc) is 2.69. The van der Waals surface area contributed by atoms with Gasteiger partial charge in [0.25, 0.3) is 5.56 Å². The molecule has 0 aliphatic carbocycles. The lowest BCUT2D eigenvalue weighted by molar-refractivity contribution is -0.124. The van der Waals surface area contributed by atoms with Gasteiger partial charge in [-0.2, -0.15) is 4.52 Å². The second-order valence-corrected chi connectivity index (χ2v) is 4.99. The van der Waals surface area contributed by atoms with Crippen molar-refractivity contribution in [3.05, 3.63) is 33.4 Å². The summed E-state index contributed by atoms with van der Waals surface area (Å²) in [7, 11) is 0. The average molecular weight is 262 g/mol. The normalized spacial score (nSPS) is 11.2. The second-order valence-electron chi connectivity index (χ2n) is 4.99. The number of hydrogen-bond donors (Lipinski definition) is 2. The third-order valence-electron chi connectivity index (χ3n) is 3.03. The fourth-order valence-electron chi connectivity index (χ4n) is 1.90. The predicted octanol–water partition coefficient (Wildman–Crippen LogP) is 0.912. The lowest BCUT2D eigenvalue weighted by atomic mass is 10.1.